The van der Waals surface area contributed by atoms with Crippen LogP contribution in [-0.4, -0.2) is 76.8 Å². The third-order valence-corrected chi connectivity index (χ3v) is 7.96. The van der Waals surface area contributed by atoms with Gasteiger partial charge >= 0.3 is 0 Å². The van der Waals surface area contributed by atoms with Gasteiger partial charge in [0.2, 0.25) is 0 Å². The van der Waals surface area contributed by atoms with Gasteiger partial charge in [-0.25, -0.2) is 22.8 Å². The van der Waals surface area contributed by atoms with E-state index in [0.717, 1.165) is 30.2 Å². The molecule has 0 bridgehead atoms. The van der Waals surface area contributed by atoms with Crippen LogP contribution in [0, 0.1) is 17.6 Å². The number of hydrogen-bond donors (Lipinski definition) is 1. The summed E-state index contributed by atoms with van der Waals surface area (Å²) >= 11 is 0. The third kappa shape index (κ3) is 6.32. The first-order valence-electron chi connectivity index (χ1n) is 13.9. The zero-order chi connectivity index (χ0) is 29.1. The number of nitrogens with zero attached hydrogens (tertiary/aromatic N) is 4. The molecule has 2 saturated heterocycles. The number of carbonyl (C=O) groups excluding carboxylic acids is 1. The summed E-state index contributed by atoms with van der Waals surface area (Å²) < 4.78 is 57.4. The highest BCUT2D eigenvalue weighted by Crippen LogP contribution is 2.37. The summed E-state index contributed by atoms with van der Waals surface area (Å²) in [6.07, 6.45) is -0.524. The van der Waals surface area contributed by atoms with Crippen LogP contribution in [-0.2, 0) is 20.8 Å². The lowest BCUT2D eigenvalue weighted by Gasteiger charge is -2.42. The van der Waals surface area contributed by atoms with Crippen LogP contribution in [0.5, 0.6) is 0 Å². The van der Waals surface area contributed by atoms with Gasteiger partial charge in [-0.3, -0.25) is 4.79 Å². The molecule has 41 heavy (non-hydrogen) atoms. The zero-order valence-electron chi connectivity index (χ0n) is 23.5. The molecule has 1 aromatic heterocycles. The molecule has 0 radical (unpaired) electrons. The van der Waals surface area contributed by atoms with E-state index in [1.807, 2.05) is 44.2 Å². The Morgan fingerprint density at radius 2 is 2.00 bits per heavy atom. The topological polar surface area (TPSA) is 81.5 Å². The predicted molar refractivity (Wildman–Crippen MR) is 147 cm³/mol. The first-order chi connectivity index (χ1) is 19.7. The Hall–Kier alpha value is -3.28. The highest BCUT2D eigenvalue weighted by molar-refractivity contribution is 5.81. The molecule has 220 valence electrons. The minimum absolute atomic E-state index is 0.0275. The van der Waals surface area contributed by atoms with Crippen molar-refractivity contribution in [3.05, 3.63) is 71.6 Å². The molecule has 0 aliphatic carbocycles. The van der Waals surface area contributed by atoms with Crippen molar-refractivity contribution in [1.82, 2.24) is 25.0 Å². The van der Waals surface area contributed by atoms with Crippen LogP contribution in [0.15, 0.2) is 48.5 Å². The van der Waals surface area contributed by atoms with Crippen molar-refractivity contribution in [2.75, 3.05) is 33.4 Å². The van der Waals surface area contributed by atoms with Gasteiger partial charge in [0, 0.05) is 39.3 Å². The van der Waals surface area contributed by atoms with E-state index in [1.165, 1.54) is 7.11 Å². The second-order valence-electron chi connectivity index (χ2n) is 11.2. The first-order valence-corrected chi connectivity index (χ1v) is 13.9. The molecule has 2 aliphatic rings. The van der Waals surface area contributed by atoms with Crippen LogP contribution in [0.4, 0.5) is 13.2 Å². The first kappa shape index (κ1) is 29.2. The number of amides is 1. The van der Waals surface area contributed by atoms with Gasteiger partial charge in [-0.15, -0.1) is 0 Å². The quantitative estimate of drug-likeness (QED) is 0.391. The number of halogens is 3. The molecule has 5 rings (SSSR count). The average molecular weight is 572 g/mol. The van der Waals surface area contributed by atoms with Crippen molar-refractivity contribution >= 4 is 5.91 Å². The lowest BCUT2D eigenvalue weighted by atomic mass is 9.93. The molecule has 3 heterocycles. The van der Waals surface area contributed by atoms with Crippen molar-refractivity contribution in [3.63, 3.8) is 0 Å². The highest BCUT2D eigenvalue weighted by Gasteiger charge is 2.46. The van der Waals surface area contributed by atoms with E-state index in [0.29, 0.717) is 25.4 Å². The second kappa shape index (κ2) is 12.3. The molecule has 2 aromatic carbocycles. The summed E-state index contributed by atoms with van der Waals surface area (Å²) in [5.41, 5.74) is -0.252. The molecule has 2 fully saturated rings. The summed E-state index contributed by atoms with van der Waals surface area (Å²) in [4.78, 5) is 20.4. The Kier molecular flexibility index (Phi) is 8.77. The number of ether oxygens (including phenoxy) is 2. The largest absolute Gasteiger partial charge is 0.376 e. The van der Waals surface area contributed by atoms with Crippen LogP contribution in [0.3, 0.4) is 0 Å². The fourth-order valence-electron chi connectivity index (χ4n) is 5.56. The smallest absolute Gasteiger partial charge is 0.252 e. The van der Waals surface area contributed by atoms with Gasteiger partial charge in [0.15, 0.2) is 11.6 Å². The average Bonchev–Trinajstić information content (AvgIpc) is 3.72. The van der Waals surface area contributed by atoms with E-state index in [9.17, 15) is 18.0 Å². The third-order valence-electron chi connectivity index (χ3n) is 7.96. The molecule has 0 spiro atoms. The zero-order valence-corrected chi connectivity index (χ0v) is 23.5. The number of carbonyl (C=O) groups is 1. The SMILES string of the molecule is COC(C)(C)[C@H](c1nc(-c2cc(F)ccc2F)nn1Cc1ccccc1)N(C[C@@H]1CNC[C@@H]1F)C(=O)[C@@H]1CCCO1. The lowest BCUT2D eigenvalue weighted by molar-refractivity contribution is -0.153. The van der Waals surface area contributed by atoms with Crippen molar-refractivity contribution in [2.45, 2.75) is 57.2 Å². The fourth-order valence-corrected chi connectivity index (χ4v) is 5.56. The summed E-state index contributed by atoms with van der Waals surface area (Å²) in [5.74, 6) is -1.77. The van der Waals surface area contributed by atoms with Gasteiger partial charge in [0.25, 0.3) is 5.91 Å². The number of alkyl halides is 1. The van der Waals surface area contributed by atoms with Crippen LogP contribution in [0.2, 0.25) is 0 Å². The number of nitrogens with one attached hydrogen (secondary N) is 1. The minimum Gasteiger partial charge on any atom is -0.376 e. The summed E-state index contributed by atoms with van der Waals surface area (Å²) in [6.45, 7) is 5.05. The van der Waals surface area contributed by atoms with E-state index in [-0.39, 0.29) is 36.9 Å². The number of rotatable bonds is 10. The normalized spacial score (nSPS) is 21.8. The molecule has 1 amide bonds. The molecule has 3 aromatic rings. The van der Waals surface area contributed by atoms with E-state index >= 15 is 0 Å². The van der Waals surface area contributed by atoms with Gasteiger partial charge in [0.05, 0.1) is 17.7 Å². The molecule has 0 saturated carbocycles. The second-order valence-corrected chi connectivity index (χ2v) is 11.2. The van der Waals surface area contributed by atoms with Gasteiger partial charge < -0.3 is 19.7 Å². The van der Waals surface area contributed by atoms with E-state index in [4.69, 9.17) is 14.5 Å². The summed E-state index contributed by atoms with van der Waals surface area (Å²) in [5, 5.41) is 7.68. The lowest BCUT2D eigenvalue weighted by Crippen LogP contribution is -2.52. The highest BCUT2D eigenvalue weighted by atomic mass is 19.1. The molecule has 11 heteroatoms. The Morgan fingerprint density at radius 1 is 1.22 bits per heavy atom. The van der Waals surface area contributed by atoms with Crippen molar-refractivity contribution in [2.24, 2.45) is 5.92 Å². The van der Waals surface area contributed by atoms with Crippen LogP contribution in [0.1, 0.15) is 44.1 Å². The maximum absolute atomic E-state index is 14.9. The molecule has 1 N–H and O–H groups in total. The van der Waals surface area contributed by atoms with E-state index in [1.54, 1.807) is 9.58 Å². The Balaban J connectivity index is 1.67. The van der Waals surface area contributed by atoms with Crippen LogP contribution in [0.25, 0.3) is 11.4 Å². The maximum Gasteiger partial charge on any atom is 0.252 e. The Labute approximate surface area is 237 Å². The van der Waals surface area contributed by atoms with Gasteiger partial charge in [-0.2, -0.15) is 5.10 Å². The minimum atomic E-state index is -1.14. The summed E-state index contributed by atoms with van der Waals surface area (Å²) in [6, 6.07) is 11.7. The van der Waals surface area contributed by atoms with E-state index < -0.39 is 41.5 Å². The Morgan fingerprint density at radius 3 is 2.66 bits per heavy atom. The Bertz CT molecular complexity index is 1350. The van der Waals surface area contributed by atoms with Crippen molar-refractivity contribution in [1.29, 1.82) is 0 Å². The van der Waals surface area contributed by atoms with Gasteiger partial charge in [0.1, 0.15) is 30.0 Å². The number of methoxy groups -OCH3 is 1. The van der Waals surface area contributed by atoms with E-state index in [2.05, 4.69) is 10.4 Å². The standard InChI is InChI=1S/C30H36F3N5O3/c1-30(2,40-3)26(37(18-20-15-34-16-24(20)33)29(39)25-10-7-13-41-25)28-35-27(22-14-21(31)11-12-23(22)32)36-38(28)17-19-8-5-4-6-9-19/h4-6,8-9,11-12,14,20,24-26,34H,7,10,13,15-18H2,1-3H3/t20-,24-,25-,26-/m0/s1. The predicted octanol–water partition coefficient (Wildman–Crippen LogP) is 4.30. The van der Waals surface area contributed by atoms with Gasteiger partial charge in [-0.1, -0.05) is 30.3 Å². The summed E-state index contributed by atoms with van der Waals surface area (Å²) in [7, 11) is 1.53. The number of benzene rings is 2. The molecule has 2 aliphatic heterocycles. The van der Waals surface area contributed by atoms with Crippen molar-refractivity contribution < 1.29 is 27.4 Å². The molecular formula is C30H36F3N5O3. The van der Waals surface area contributed by atoms with Crippen molar-refractivity contribution in [3.8, 4) is 11.4 Å². The number of aromatic nitrogens is 3. The van der Waals surface area contributed by atoms with Crippen LogP contribution < -0.4 is 5.32 Å². The maximum atomic E-state index is 14.9. The molecule has 8 nitrogen and oxygen atoms in total. The molecule has 0 unspecified atom stereocenters. The van der Waals surface area contributed by atoms with Crippen LogP contribution >= 0.6 is 0 Å². The fraction of sp³-hybridized carbons (Fsp3) is 0.500. The number of hydrogen-bond acceptors (Lipinski definition) is 6. The molecule has 4 atom stereocenters. The van der Waals surface area contributed by atoms with Gasteiger partial charge in [-0.05, 0) is 50.5 Å². The molecular weight excluding hydrogens is 535 g/mol. The monoisotopic (exact) mass is 571 g/mol.